The van der Waals surface area contributed by atoms with Crippen molar-refractivity contribution in [2.75, 3.05) is 25.0 Å². The zero-order chi connectivity index (χ0) is 13.1. The molecular weight excluding hydrogens is 256 g/mol. The molecule has 1 aromatic heterocycles. The number of anilines is 1. The Morgan fingerprint density at radius 3 is 3.11 bits per heavy atom. The first-order valence-electron chi connectivity index (χ1n) is 5.84. The molecule has 0 spiro atoms. The highest BCUT2D eigenvalue weighted by Crippen LogP contribution is 2.31. The first-order valence-corrected chi connectivity index (χ1v) is 6.22. The van der Waals surface area contributed by atoms with Crippen molar-refractivity contribution in [3.05, 3.63) is 27.4 Å². The van der Waals surface area contributed by atoms with Crippen LogP contribution in [0.15, 0.2) is 12.3 Å². The number of likely N-dealkylation sites (N-methyl/N-ethyl adjacent to an activating group) is 1. The van der Waals surface area contributed by atoms with E-state index in [1.807, 2.05) is 7.05 Å². The van der Waals surface area contributed by atoms with Crippen molar-refractivity contribution >= 4 is 23.1 Å². The van der Waals surface area contributed by atoms with Gasteiger partial charge >= 0.3 is 0 Å². The summed E-state index contributed by atoms with van der Waals surface area (Å²) in [5, 5.41) is 14.1. The van der Waals surface area contributed by atoms with E-state index in [1.165, 1.54) is 12.3 Å². The lowest BCUT2D eigenvalue weighted by Crippen LogP contribution is -2.37. The average molecular weight is 271 g/mol. The number of nitrogens with one attached hydrogen (secondary N) is 1. The molecule has 1 aliphatic heterocycles. The standard InChI is InChI=1S/C11H15ClN4O2/c1-13-6-8-3-2-4-15(8)11-10(12)5-9(7-14-11)16(17)18/h5,7-8,13H,2-4,6H2,1H3. The summed E-state index contributed by atoms with van der Waals surface area (Å²) in [6.45, 7) is 1.74. The summed E-state index contributed by atoms with van der Waals surface area (Å²) in [5.41, 5.74) is -0.0758. The summed E-state index contributed by atoms with van der Waals surface area (Å²) < 4.78 is 0. The smallest absolute Gasteiger partial charge is 0.289 e. The van der Waals surface area contributed by atoms with Gasteiger partial charge in [-0.25, -0.2) is 4.98 Å². The van der Waals surface area contributed by atoms with Gasteiger partial charge in [0.2, 0.25) is 0 Å². The first-order chi connectivity index (χ1) is 8.63. The molecule has 2 rings (SSSR count). The number of aromatic nitrogens is 1. The fourth-order valence-electron chi connectivity index (χ4n) is 2.29. The molecule has 98 valence electrons. The van der Waals surface area contributed by atoms with Gasteiger partial charge in [-0.3, -0.25) is 10.1 Å². The molecule has 0 bridgehead atoms. The zero-order valence-corrected chi connectivity index (χ0v) is 10.9. The minimum Gasteiger partial charge on any atom is -0.351 e. The van der Waals surface area contributed by atoms with Gasteiger partial charge < -0.3 is 10.2 Å². The maximum atomic E-state index is 10.6. The van der Waals surface area contributed by atoms with E-state index in [9.17, 15) is 10.1 Å². The summed E-state index contributed by atoms with van der Waals surface area (Å²) in [6.07, 6.45) is 3.42. The third-order valence-corrected chi connectivity index (χ3v) is 3.39. The molecule has 1 aliphatic rings. The Bertz CT molecular complexity index is 455. The maximum absolute atomic E-state index is 10.6. The lowest BCUT2D eigenvalue weighted by atomic mass is 10.2. The molecule has 1 aromatic rings. The Kier molecular flexibility index (Phi) is 3.98. The third kappa shape index (κ3) is 2.54. The van der Waals surface area contributed by atoms with Crippen molar-refractivity contribution in [2.45, 2.75) is 18.9 Å². The molecule has 6 nitrogen and oxygen atoms in total. The molecule has 0 amide bonds. The monoisotopic (exact) mass is 270 g/mol. The van der Waals surface area contributed by atoms with Gasteiger partial charge in [0.1, 0.15) is 12.0 Å². The minimum atomic E-state index is -0.488. The van der Waals surface area contributed by atoms with Crippen LogP contribution in [0.3, 0.4) is 0 Å². The van der Waals surface area contributed by atoms with E-state index in [-0.39, 0.29) is 5.69 Å². The van der Waals surface area contributed by atoms with E-state index in [1.54, 1.807) is 0 Å². The summed E-state index contributed by atoms with van der Waals surface area (Å²) in [6, 6.07) is 1.71. The lowest BCUT2D eigenvalue weighted by molar-refractivity contribution is -0.385. The van der Waals surface area contributed by atoms with Crippen molar-refractivity contribution in [1.82, 2.24) is 10.3 Å². The topological polar surface area (TPSA) is 71.3 Å². The minimum absolute atomic E-state index is 0.0758. The summed E-state index contributed by atoms with van der Waals surface area (Å²) in [4.78, 5) is 16.4. The van der Waals surface area contributed by atoms with E-state index < -0.39 is 4.92 Å². The quantitative estimate of drug-likeness (QED) is 0.668. The fraction of sp³-hybridized carbons (Fsp3) is 0.545. The van der Waals surface area contributed by atoms with Gasteiger partial charge in [-0.2, -0.15) is 0 Å². The molecule has 1 saturated heterocycles. The van der Waals surface area contributed by atoms with Crippen LogP contribution in [0.1, 0.15) is 12.8 Å². The number of nitro groups is 1. The molecule has 0 aromatic carbocycles. The number of rotatable bonds is 4. The third-order valence-electron chi connectivity index (χ3n) is 3.11. The molecule has 2 heterocycles. The molecule has 0 radical (unpaired) electrons. The molecule has 1 N–H and O–H groups in total. The molecule has 18 heavy (non-hydrogen) atoms. The van der Waals surface area contributed by atoms with Gasteiger partial charge in [0.05, 0.1) is 9.95 Å². The Morgan fingerprint density at radius 2 is 2.50 bits per heavy atom. The molecule has 0 saturated carbocycles. The number of nitrogens with zero attached hydrogens (tertiary/aromatic N) is 3. The highest BCUT2D eigenvalue weighted by molar-refractivity contribution is 6.33. The molecule has 1 unspecified atom stereocenters. The fourth-order valence-corrected chi connectivity index (χ4v) is 2.56. The Hall–Kier alpha value is -1.40. The maximum Gasteiger partial charge on any atom is 0.289 e. The van der Waals surface area contributed by atoms with E-state index >= 15 is 0 Å². The van der Waals surface area contributed by atoms with Crippen LogP contribution < -0.4 is 10.2 Å². The largest absolute Gasteiger partial charge is 0.351 e. The van der Waals surface area contributed by atoms with Gasteiger partial charge in [0.25, 0.3) is 5.69 Å². The normalized spacial score (nSPS) is 19.2. The van der Waals surface area contributed by atoms with Crippen LogP contribution in [0.4, 0.5) is 11.5 Å². The van der Waals surface area contributed by atoms with E-state index in [4.69, 9.17) is 11.6 Å². The van der Waals surface area contributed by atoms with Gasteiger partial charge in [-0.05, 0) is 19.9 Å². The van der Waals surface area contributed by atoms with Gasteiger partial charge in [0, 0.05) is 25.2 Å². The second-order valence-corrected chi connectivity index (χ2v) is 4.71. The summed E-state index contributed by atoms with van der Waals surface area (Å²) >= 11 is 6.09. The molecule has 0 aliphatic carbocycles. The van der Waals surface area contributed by atoms with Crippen molar-refractivity contribution in [3.63, 3.8) is 0 Å². The van der Waals surface area contributed by atoms with Crippen LogP contribution in [-0.2, 0) is 0 Å². The van der Waals surface area contributed by atoms with Crippen LogP contribution in [0.25, 0.3) is 0 Å². The molecule has 1 fully saturated rings. The van der Waals surface area contributed by atoms with Crippen LogP contribution in [0, 0.1) is 10.1 Å². The Morgan fingerprint density at radius 1 is 1.72 bits per heavy atom. The van der Waals surface area contributed by atoms with E-state index in [0.717, 1.165) is 25.9 Å². The summed E-state index contributed by atoms with van der Waals surface area (Å²) in [7, 11) is 1.90. The zero-order valence-electron chi connectivity index (χ0n) is 10.1. The predicted octanol–water partition coefficient (Wildman–Crippen LogP) is 1.83. The van der Waals surface area contributed by atoms with Gasteiger partial charge in [0.15, 0.2) is 0 Å². The second-order valence-electron chi connectivity index (χ2n) is 4.30. The van der Waals surface area contributed by atoms with Crippen LogP contribution in [0.2, 0.25) is 5.02 Å². The number of hydrogen-bond acceptors (Lipinski definition) is 5. The highest BCUT2D eigenvalue weighted by atomic mass is 35.5. The number of hydrogen-bond donors (Lipinski definition) is 1. The predicted molar refractivity (Wildman–Crippen MR) is 70.2 cm³/mol. The first kappa shape index (κ1) is 13.0. The van der Waals surface area contributed by atoms with Crippen molar-refractivity contribution in [2.24, 2.45) is 0 Å². The Balaban J connectivity index is 2.25. The number of pyridine rings is 1. The van der Waals surface area contributed by atoms with Crippen molar-refractivity contribution in [3.8, 4) is 0 Å². The van der Waals surface area contributed by atoms with Gasteiger partial charge in [-0.15, -0.1) is 0 Å². The molecular formula is C11H15ClN4O2. The van der Waals surface area contributed by atoms with E-state index in [2.05, 4.69) is 15.2 Å². The molecule has 1 atom stereocenters. The second kappa shape index (κ2) is 5.49. The molecule has 7 heteroatoms. The van der Waals surface area contributed by atoms with E-state index in [0.29, 0.717) is 16.9 Å². The SMILES string of the molecule is CNCC1CCCN1c1ncc([N+](=O)[O-])cc1Cl. The van der Waals surface area contributed by atoms with Crippen LogP contribution in [0.5, 0.6) is 0 Å². The highest BCUT2D eigenvalue weighted by Gasteiger charge is 2.27. The van der Waals surface area contributed by atoms with Gasteiger partial charge in [-0.1, -0.05) is 11.6 Å². The summed E-state index contributed by atoms with van der Waals surface area (Å²) in [5.74, 6) is 0.639. The van der Waals surface area contributed by atoms with Crippen molar-refractivity contribution < 1.29 is 4.92 Å². The van der Waals surface area contributed by atoms with Crippen molar-refractivity contribution in [1.29, 1.82) is 0 Å². The average Bonchev–Trinajstić information content (AvgIpc) is 2.77. The van der Waals surface area contributed by atoms with Crippen LogP contribution in [-0.4, -0.2) is 36.1 Å². The lowest BCUT2D eigenvalue weighted by Gasteiger charge is -2.26. The Labute approximate surface area is 110 Å². The van der Waals surface area contributed by atoms with Crippen LogP contribution >= 0.6 is 11.6 Å². The number of halogens is 1.